The summed E-state index contributed by atoms with van der Waals surface area (Å²) in [4.78, 5) is 0.274. The molecule has 0 nitrogen and oxygen atoms in total. The minimum absolute atomic E-state index is 0.0680. The molecule has 0 N–H and O–H groups in total. The first-order valence-corrected chi connectivity index (χ1v) is 4.81. The number of alkyl halides is 3. The molecule has 0 aromatic carbocycles. The monoisotopic (exact) mass is 208 g/mol. The Labute approximate surface area is 79.4 Å². The molecule has 74 valence electrons. The molecule has 1 aromatic rings. The summed E-state index contributed by atoms with van der Waals surface area (Å²) in [6.45, 7) is 5.25. The molecule has 1 rings (SSSR count). The average Bonchev–Trinajstić information content (AvgIpc) is 2.29. The molecule has 0 saturated carbocycles. The fraction of sp³-hybridized carbons (Fsp3) is 0.556. The highest BCUT2D eigenvalue weighted by molar-refractivity contribution is 7.12. The molecule has 13 heavy (non-hydrogen) atoms. The molecular weight excluding hydrogens is 197 g/mol. The van der Waals surface area contributed by atoms with Gasteiger partial charge in [-0.05, 0) is 24.5 Å². The van der Waals surface area contributed by atoms with E-state index in [9.17, 15) is 13.2 Å². The molecule has 0 spiro atoms. The molecule has 1 heterocycles. The number of halogens is 3. The fourth-order valence-corrected chi connectivity index (χ4v) is 2.22. The third-order valence-corrected chi connectivity index (χ3v) is 2.87. The van der Waals surface area contributed by atoms with Gasteiger partial charge in [-0.3, -0.25) is 0 Å². The third kappa shape index (κ3) is 2.24. The van der Waals surface area contributed by atoms with E-state index in [1.54, 1.807) is 26.8 Å². The van der Waals surface area contributed by atoms with Gasteiger partial charge in [0.1, 0.15) is 4.88 Å². The second-order valence-corrected chi connectivity index (χ2v) is 4.55. The van der Waals surface area contributed by atoms with Gasteiger partial charge in [0.15, 0.2) is 0 Å². The Balaban J connectivity index is 3.20. The van der Waals surface area contributed by atoms with Crippen LogP contribution in [0.25, 0.3) is 0 Å². The largest absolute Gasteiger partial charge is 0.425 e. The Morgan fingerprint density at radius 3 is 2.15 bits per heavy atom. The lowest BCUT2D eigenvalue weighted by atomic mass is 10.0. The van der Waals surface area contributed by atoms with E-state index in [0.717, 1.165) is 16.2 Å². The zero-order chi connectivity index (χ0) is 10.2. The first-order chi connectivity index (χ1) is 5.82. The van der Waals surface area contributed by atoms with Crippen molar-refractivity contribution in [2.75, 3.05) is 0 Å². The molecule has 0 aliphatic rings. The highest BCUT2D eigenvalue weighted by Gasteiger charge is 2.35. The average molecular weight is 208 g/mol. The highest BCUT2D eigenvalue weighted by Crippen LogP contribution is 2.40. The van der Waals surface area contributed by atoms with Gasteiger partial charge in [0.05, 0.1) is 0 Å². The van der Waals surface area contributed by atoms with Gasteiger partial charge in [-0.15, -0.1) is 11.3 Å². The maximum absolute atomic E-state index is 12.4. The van der Waals surface area contributed by atoms with Crippen molar-refractivity contribution in [2.45, 2.75) is 32.9 Å². The van der Waals surface area contributed by atoms with Crippen LogP contribution in [0.4, 0.5) is 13.2 Å². The van der Waals surface area contributed by atoms with E-state index in [2.05, 4.69) is 0 Å². The standard InChI is InChI=1S/C9H11F3S/c1-5(2)7-4-6(3)13-8(7)9(10,11)12/h4-5H,1-3H3. The predicted octanol–water partition coefficient (Wildman–Crippen LogP) is 4.20. The van der Waals surface area contributed by atoms with Gasteiger partial charge in [-0.2, -0.15) is 13.2 Å². The summed E-state index contributed by atoms with van der Waals surface area (Å²) in [7, 11) is 0. The summed E-state index contributed by atoms with van der Waals surface area (Å²) in [6.07, 6.45) is -4.20. The zero-order valence-electron chi connectivity index (χ0n) is 7.70. The molecule has 1 aromatic heterocycles. The van der Waals surface area contributed by atoms with Crippen molar-refractivity contribution in [1.29, 1.82) is 0 Å². The summed E-state index contributed by atoms with van der Waals surface area (Å²) >= 11 is 0.825. The molecule has 0 aliphatic carbocycles. The molecule has 0 bridgehead atoms. The van der Waals surface area contributed by atoms with Crippen LogP contribution in [0.5, 0.6) is 0 Å². The molecule has 0 unspecified atom stereocenters. The van der Waals surface area contributed by atoms with Crippen molar-refractivity contribution in [3.8, 4) is 0 Å². The van der Waals surface area contributed by atoms with Gasteiger partial charge in [-0.1, -0.05) is 13.8 Å². The molecule has 0 saturated heterocycles. The van der Waals surface area contributed by atoms with Crippen LogP contribution in [0, 0.1) is 6.92 Å². The predicted molar refractivity (Wildman–Crippen MR) is 48.1 cm³/mol. The van der Waals surface area contributed by atoms with Gasteiger partial charge >= 0.3 is 6.18 Å². The molecule has 0 atom stereocenters. The van der Waals surface area contributed by atoms with Gasteiger partial charge < -0.3 is 0 Å². The second-order valence-electron chi connectivity index (χ2n) is 3.29. The fourth-order valence-electron chi connectivity index (χ4n) is 1.18. The van der Waals surface area contributed by atoms with Crippen LogP contribution in [-0.2, 0) is 6.18 Å². The van der Waals surface area contributed by atoms with Crippen LogP contribution in [0.15, 0.2) is 6.07 Å². The first-order valence-electron chi connectivity index (χ1n) is 4.00. The van der Waals surface area contributed by atoms with Crippen molar-refractivity contribution in [1.82, 2.24) is 0 Å². The second kappa shape index (κ2) is 3.33. The summed E-state index contributed by atoms with van der Waals surface area (Å²) in [5.41, 5.74) is 0.412. The Morgan fingerprint density at radius 1 is 1.31 bits per heavy atom. The van der Waals surface area contributed by atoms with E-state index in [-0.39, 0.29) is 5.92 Å². The number of hydrogen-bond donors (Lipinski definition) is 0. The summed E-state index contributed by atoms with van der Waals surface area (Å²) in [5, 5.41) is 0. The quantitative estimate of drug-likeness (QED) is 0.648. The number of aryl methyl sites for hydroxylation is 1. The normalized spacial score (nSPS) is 12.5. The van der Waals surface area contributed by atoms with Crippen molar-refractivity contribution >= 4 is 11.3 Å². The van der Waals surface area contributed by atoms with E-state index >= 15 is 0 Å². The van der Waals surface area contributed by atoms with Gasteiger partial charge in [0.2, 0.25) is 0 Å². The van der Waals surface area contributed by atoms with Crippen LogP contribution in [0.3, 0.4) is 0 Å². The van der Waals surface area contributed by atoms with E-state index in [1.165, 1.54) is 0 Å². The van der Waals surface area contributed by atoms with Gasteiger partial charge in [0, 0.05) is 4.88 Å². The van der Waals surface area contributed by atoms with E-state index in [0.29, 0.717) is 5.56 Å². The number of rotatable bonds is 1. The topological polar surface area (TPSA) is 0 Å². The van der Waals surface area contributed by atoms with Gasteiger partial charge in [0.25, 0.3) is 0 Å². The Kier molecular flexibility index (Phi) is 2.71. The van der Waals surface area contributed by atoms with Crippen LogP contribution in [0.1, 0.15) is 35.1 Å². The Hall–Kier alpha value is -0.510. The minimum Gasteiger partial charge on any atom is -0.165 e. The molecule has 0 amide bonds. The lowest BCUT2D eigenvalue weighted by Crippen LogP contribution is -2.05. The Morgan fingerprint density at radius 2 is 1.85 bits per heavy atom. The number of hydrogen-bond acceptors (Lipinski definition) is 1. The smallest absolute Gasteiger partial charge is 0.165 e. The maximum atomic E-state index is 12.4. The van der Waals surface area contributed by atoms with E-state index in [4.69, 9.17) is 0 Å². The van der Waals surface area contributed by atoms with Crippen LogP contribution in [-0.4, -0.2) is 0 Å². The first kappa shape index (κ1) is 10.6. The Bertz CT molecular complexity index is 296. The maximum Gasteiger partial charge on any atom is 0.425 e. The third-order valence-electron chi connectivity index (χ3n) is 1.76. The SMILES string of the molecule is Cc1cc(C(C)C)c(C(F)(F)F)s1. The molecule has 0 fully saturated rings. The highest BCUT2D eigenvalue weighted by atomic mass is 32.1. The lowest BCUT2D eigenvalue weighted by Gasteiger charge is -2.09. The zero-order valence-corrected chi connectivity index (χ0v) is 8.51. The van der Waals surface area contributed by atoms with Crippen molar-refractivity contribution < 1.29 is 13.2 Å². The van der Waals surface area contributed by atoms with Crippen LogP contribution < -0.4 is 0 Å². The molecule has 0 aliphatic heterocycles. The van der Waals surface area contributed by atoms with E-state index in [1.807, 2.05) is 0 Å². The van der Waals surface area contributed by atoms with Crippen molar-refractivity contribution in [2.24, 2.45) is 0 Å². The molecule has 4 heteroatoms. The number of thiophene rings is 1. The molecular formula is C9H11F3S. The van der Waals surface area contributed by atoms with Crippen LogP contribution >= 0.6 is 11.3 Å². The van der Waals surface area contributed by atoms with Crippen LogP contribution in [0.2, 0.25) is 0 Å². The molecule has 0 radical (unpaired) electrons. The summed E-state index contributed by atoms with van der Waals surface area (Å²) in [6, 6.07) is 1.62. The van der Waals surface area contributed by atoms with Gasteiger partial charge in [-0.25, -0.2) is 0 Å². The van der Waals surface area contributed by atoms with Crippen molar-refractivity contribution in [3.05, 3.63) is 21.4 Å². The van der Waals surface area contributed by atoms with E-state index < -0.39 is 11.1 Å². The summed E-state index contributed by atoms with van der Waals surface area (Å²) in [5.74, 6) is -0.0680. The summed E-state index contributed by atoms with van der Waals surface area (Å²) < 4.78 is 37.3. The minimum atomic E-state index is -4.20. The lowest BCUT2D eigenvalue weighted by molar-refractivity contribution is -0.135. The van der Waals surface area contributed by atoms with Crippen molar-refractivity contribution in [3.63, 3.8) is 0 Å².